The van der Waals surface area contributed by atoms with E-state index in [4.69, 9.17) is 4.55 Å². The van der Waals surface area contributed by atoms with E-state index in [1.54, 1.807) is 0 Å². The van der Waals surface area contributed by atoms with Crippen molar-refractivity contribution >= 4 is 39.9 Å². The molecule has 0 atom stereocenters. The molecule has 74 valence electrons. The molecule has 0 aromatic carbocycles. The first-order valence-electron chi connectivity index (χ1n) is 4.33. The maximum atomic E-state index is 10.7. The van der Waals surface area contributed by atoms with Gasteiger partial charge in [0.05, 0.1) is 0 Å². The quantitative estimate of drug-likeness (QED) is 0.511. The fourth-order valence-electron chi connectivity index (χ4n) is 1.45. The molecule has 0 bridgehead atoms. The van der Waals surface area contributed by atoms with Crippen molar-refractivity contribution in [3.8, 4) is 0 Å². The van der Waals surface area contributed by atoms with Crippen LogP contribution in [0.25, 0.3) is 0 Å². The summed E-state index contributed by atoms with van der Waals surface area (Å²) in [5.41, 5.74) is 0. The molecular formula is C7H16NNaO3S. The second-order valence-corrected chi connectivity index (χ2v) is 4.56. The molecule has 1 aliphatic heterocycles. The van der Waals surface area contributed by atoms with Crippen molar-refractivity contribution in [2.45, 2.75) is 32.1 Å². The van der Waals surface area contributed by atoms with Crippen molar-refractivity contribution < 1.29 is 13.0 Å². The molecule has 13 heavy (non-hydrogen) atoms. The Morgan fingerprint density at radius 2 is 1.31 bits per heavy atom. The fourth-order valence-corrected chi connectivity index (χ4v) is 2.17. The molecule has 1 aliphatic rings. The molecule has 0 saturated carbocycles. The standard InChI is InChI=1S/C7H15NO3S.Na.H/c9-12(10,11)8-6-4-2-1-3-5-7-8;;/h1-7H2,(H,9,10,11);;. The van der Waals surface area contributed by atoms with Gasteiger partial charge in [0.2, 0.25) is 0 Å². The van der Waals surface area contributed by atoms with Gasteiger partial charge in [-0.05, 0) is 12.8 Å². The predicted molar refractivity (Wildman–Crippen MR) is 53.4 cm³/mol. The first-order chi connectivity index (χ1) is 5.61. The topological polar surface area (TPSA) is 57.6 Å². The summed E-state index contributed by atoms with van der Waals surface area (Å²) in [4.78, 5) is 0. The molecule has 0 aliphatic carbocycles. The molecule has 4 nitrogen and oxygen atoms in total. The molecule has 1 saturated heterocycles. The number of nitrogens with zero attached hydrogens (tertiary/aromatic N) is 1. The van der Waals surface area contributed by atoms with Crippen molar-refractivity contribution in [1.82, 2.24) is 4.31 Å². The predicted octanol–water partition coefficient (Wildman–Crippen LogP) is 0.407. The fraction of sp³-hybridized carbons (Fsp3) is 1.00. The van der Waals surface area contributed by atoms with E-state index >= 15 is 0 Å². The SMILES string of the molecule is O=S(=O)(O)N1CCCCCCC1.[NaH]. The zero-order chi connectivity index (χ0) is 9.03. The molecule has 1 heterocycles. The monoisotopic (exact) mass is 217 g/mol. The average Bonchev–Trinajstić information content (AvgIpc) is 1.81. The van der Waals surface area contributed by atoms with Crippen LogP contribution in [0.3, 0.4) is 0 Å². The van der Waals surface area contributed by atoms with E-state index in [-0.39, 0.29) is 29.6 Å². The molecular weight excluding hydrogens is 201 g/mol. The van der Waals surface area contributed by atoms with Gasteiger partial charge in [-0.15, -0.1) is 0 Å². The van der Waals surface area contributed by atoms with Crippen LogP contribution in [0.1, 0.15) is 32.1 Å². The molecule has 1 fully saturated rings. The van der Waals surface area contributed by atoms with Crippen LogP contribution in [-0.2, 0) is 10.3 Å². The van der Waals surface area contributed by atoms with Crippen LogP contribution in [0.5, 0.6) is 0 Å². The third-order valence-electron chi connectivity index (χ3n) is 2.14. The normalized spacial score (nSPS) is 21.3. The molecule has 1 rings (SSSR count). The summed E-state index contributed by atoms with van der Waals surface area (Å²) in [6, 6.07) is 0. The first kappa shape index (κ1) is 13.9. The van der Waals surface area contributed by atoms with Crippen molar-refractivity contribution in [2.24, 2.45) is 0 Å². The molecule has 0 unspecified atom stereocenters. The summed E-state index contributed by atoms with van der Waals surface area (Å²) in [5.74, 6) is 0. The van der Waals surface area contributed by atoms with Crippen LogP contribution < -0.4 is 0 Å². The Labute approximate surface area is 102 Å². The van der Waals surface area contributed by atoms with Crippen LogP contribution in [0.2, 0.25) is 0 Å². The van der Waals surface area contributed by atoms with E-state index in [0.717, 1.165) is 30.0 Å². The summed E-state index contributed by atoms with van der Waals surface area (Å²) in [7, 11) is -3.93. The molecule has 0 aromatic heterocycles. The Hall–Kier alpha value is 0.870. The van der Waals surface area contributed by atoms with E-state index in [0.29, 0.717) is 13.1 Å². The number of rotatable bonds is 1. The van der Waals surface area contributed by atoms with E-state index in [2.05, 4.69) is 0 Å². The zero-order valence-electron chi connectivity index (χ0n) is 7.07. The zero-order valence-corrected chi connectivity index (χ0v) is 7.89. The molecule has 0 aromatic rings. The van der Waals surface area contributed by atoms with Gasteiger partial charge in [-0.3, -0.25) is 4.55 Å². The van der Waals surface area contributed by atoms with Crippen LogP contribution in [0.4, 0.5) is 0 Å². The van der Waals surface area contributed by atoms with E-state index in [1.165, 1.54) is 6.42 Å². The minimum absolute atomic E-state index is 0. The molecule has 0 spiro atoms. The van der Waals surface area contributed by atoms with Gasteiger partial charge >= 0.3 is 39.9 Å². The number of hydrogen-bond donors (Lipinski definition) is 1. The van der Waals surface area contributed by atoms with Crippen molar-refractivity contribution in [3.63, 3.8) is 0 Å². The van der Waals surface area contributed by atoms with Crippen LogP contribution >= 0.6 is 0 Å². The van der Waals surface area contributed by atoms with Gasteiger partial charge in [0.1, 0.15) is 0 Å². The van der Waals surface area contributed by atoms with E-state index < -0.39 is 10.3 Å². The summed E-state index contributed by atoms with van der Waals surface area (Å²) in [5, 5.41) is 0. The Bertz CT molecular complexity index is 222. The van der Waals surface area contributed by atoms with Crippen LogP contribution in [-0.4, -0.2) is 59.9 Å². The summed E-state index contributed by atoms with van der Waals surface area (Å²) < 4.78 is 31.4. The summed E-state index contributed by atoms with van der Waals surface area (Å²) >= 11 is 0. The van der Waals surface area contributed by atoms with Crippen LogP contribution in [0, 0.1) is 0 Å². The second-order valence-electron chi connectivity index (χ2n) is 3.14. The van der Waals surface area contributed by atoms with Crippen molar-refractivity contribution in [3.05, 3.63) is 0 Å². The minimum atomic E-state index is -3.93. The average molecular weight is 217 g/mol. The van der Waals surface area contributed by atoms with E-state index in [9.17, 15) is 8.42 Å². The van der Waals surface area contributed by atoms with Crippen LogP contribution in [0.15, 0.2) is 0 Å². The van der Waals surface area contributed by atoms with Gasteiger partial charge in [0.25, 0.3) is 0 Å². The van der Waals surface area contributed by atoms with Gasteiger partial charge < -0.3 is 0 Å². The van der Waals surface area contributed by atoms with Gasteiger partial charge in [-0.25, -0.2) is 0 Å². The summed E-state index contributed by atoms with van der Waals surface area (Å²) in [6.45, 7) is 0.942. The molecule has 1 N–H and O–H groups in total. The second kappa shape index (κ2) is 6.37. The molecule has 0 radical (unpaired) electrons. The van der Waals surface area contributed by atoms with Crippen molar-refractivity contribution in [1.29, 1.82) is 0 Å². The van der Waals surface area contributed by atoms with Gasteiger partial charge in [0.15, 0.2) is 0 Å². The van der Waals surface area contributed by atoms with Gasteiger partial charge in [0, 0.05) is 13.1 Å². The Kier molecular flexibility index (Phi) is 6.80. The third kappa shape index (κ3) is 5.34. The van der Waals surface area contributed by atoms with Gasteiger partial charge in [-0.1, -0.05) is 19.3 Å². The number of hydrogen-bond acceptors (Lipinski definition) is 2. The maximum absolute atomic E-state index is 10.7. The van der Waals surface area contributed by atoms with E-state index in [1.807, 2.05) is 0 Å². The Morgan fingerprint density at radius 3 is 1.69 bits per heavy atom. The summed E-state index contributed by atoms with van der Waals surface area (Å²) in [6.07, 6.45) is 5.02. The first-order valence-corrected chi connectivity index (χ1v) is 5.73. The Balaban J connectivity index is 0.00000144. The molecule has 0 amide bonds. The van der Waals surface area contributed by atoms with Gasteiger partial charge in [-0.2, -0.15) is 12.7 Å². The van der Waals surface area contributed by atoms with Crippen molar-refractivity contribution in [2.75, 3.05) is 13.1 Å². The Morgan fingerprint density at radius 1 is 0.923 bits per heavy atom. The third-order valence-corrected chi connectivity index (χ3v) is 3.16. The molecule has 6 heteroatoms.